The highest BCUT2D eigenvalue weighted by atomic mass is 16.1. The Morgan fingerprint density at radius 2 is 1.95 bits per heavy atom. The lowest BCUT2D eigenvalue weighted by molar-refractivity contribution is 0.1000. The van der Waals surface area contributed by atoms with Crippen LogP contribution in [0.2, 0.25) is 0 Å². The number of nitrogen functional groups attached to an aromatic ring is 1. The molecule has 1 heterocycles. The molecule has 1 unspecified atom stereocenters. The van der Waals surface area contributed by atoms with Crippen molar-refractivity contribution in [3.63, 3.8) is 0 Å². The molecule has 1 aliphatic carbocycles. The van der Waals surface area contributed by atoms with Crippen LogP contribution in [0.25, 0.3) is 0 Å². The van der Waals surface area contributed by atoms with Crippen LogP contribution >= 0.6 is 0 Å². The van der Waals surface area contributed by atoms with Crippen LogP contribution in [0.15, 0.2) is 24.3 Å². The van der Waals surface area contributed by atoms with E-state index in [-0.39, 0.29) is 17.3 Å². The molecule has 5 heteroatoms. The summed E-state index contributed by atoms with van der Waals surface area (Å²) in [5, 5.41) is 0. The Labute approximate surface area is 123 Å². The van der Waals surface area contributed by atoms with Crippen LogP contribution in [0.1, 0.15) is 45.3 Å². The first kappa shape index (κ1) is 13.5. The number of carbonyl (C=O) groups is 1. The average Bonchev–Trinajstić information content (AvgIpc) is 2.45. The first-order chi connectivity index (χ1) is 10.1. The summed E-state index contributed by atoms with van der Waals surface area (Å²) in [4.78, 5) is 20.1. The highest BCUT2D eigenvalue weighted by molar-refractivity contribution is 5.98. The molecule has 5 nitrogen and oxygen atoms in total. The van der Waals surface area contributed by atoms with Gasteiger partial charge in [0.05, 0.1) is 5.69 Å². The molecular weight excluding hydrogens is 264 g/mol. The standard InChI is InChI=1S/C16H18N4O/c1-9-13(15(18)21)14(17)20-16(19-9)12-7-6-10-4-2-3-5-11(10)8-12/h2-5,12H,6-8H2,1H3,(H2,18,21)(H2,17,19,20). The van der Waals surface area contributed by atoms with Crippen molar-refractivity contribution in [3.05, 3.63) is 52.5 Å². The molecule has 0 radical (unpaired) electrons. The predicted octanol–water partition coefficient (Wildman–Crippen LogP) is 1.74. The monoisotopic (exact) mass is 282 g/mol. The SMILES string of the molecule is Cc1nc(C2CCc3ccccc3C2)nc(N)c1C(N)=O. The van der Waals surface area contributed by atoms with Gasteiger partial charge in [0.2, 0.25) is 0 Å². The molecule has 1 aromatic carbocycles. The van der Waals surface area contributed by atoms with E-state index in [0.29, 0.717) is 11.5 Å². The molecule has 1 amide bonds. The van der Waals surface area contributed by atoms with Gasteiger partial charge in [-0.1, -0.05) is 24.3 Å². The van der Waals surface area contributed by atoms with Crippen LogP contribution in [0, 0.1) is 6.92 Å². The molecule has 0 bridgehead atoms. The number of amides is 1. The molecule has 0 saturated carbocycles. The summed E-state index contributed by atoms with van der Waals surface area (Å²) in [6.07, 6.45) is 2.91. The van der Waals surface area contributed by atoms with Gasteiger partial charge in [-0.05, 0) is 37.3 Å². The zero-order valence-electron chi connectivity index (χ0n) is 12.0. The maximum Gasteiger partial charge on any atom is 0.254 e. The normalized spacial score (nSPS) is 17.3. The van der Waals surface area contributed by atoms with E-state index in [2.05, 4.69) is 34.2 Å². The van der Waals surface area contributed by atoms with Gasteiger partial charge in [0.1, 0.15) is 17.2 Å². The van der Waals surface area contributed by atoms with Gasteiger partial charge in [0.25, 0.3) is 5.91 Å². The first-order valence-corrected chi connectivity index (χ1v) is 7.07. The number of aryl methyl sites for hydroxylation is 2. The second-order valence-corrected chi connectivity index (χ2v) is 5.50. The summed E-state index contributed by atoms with van der Waals surface area (Å²) in [5.41, 5.74) is 14.7. The third kappa shape index (κ3) is 2.46. The number of anilines is 1. The summed E-state index contributed by atoms with van der Waals surface area (Å²) in [7, 11) is 0. The summed E-state index contributed by atoms with van der Waals surface area (Å²) in [6, 6.07) is 8.44. The van der Waals surface area contributed by atoms with Crippen LogP contribution in [-0.2, 0) is 12.8 Å². The van der Waals surface area contributed by atoms with Crippen molar-refractivity contribution in [1.82, 2.24) is 9.97 Å². The molecule has 21 heavy (non-hydrogen) atoms. The molecule has 108 valence electrons. The van der Waals surface area contributed by atoms with Gasteiger partial charge >= 0.3 is 0 Å². The number of nitrogens with two attached hydrogens (primary N) is 2. The van der Waals surface area contributed by atoms with Gasteiger partial charge in [0, 0.05) is 5.92 Å². The van der Waals surface area contributed by atoms with Crippen LogP contribution in [0.4, 0.5) is 5.82 Å². The summed E-state index contributed by atoms with van der Waals surface area (Å²) < 4.78 is 0. The van der Waals surface area contributed by atoms with Gasteiger partial charge in [0.15, 0.2) is 0 Å². The number of hydrogen-bond acceptors (Lipinski definition) is 4. The Kier molecular flexibility index (Phi) is 3.33. The summed E-state index contributed by atoms with van der Waals surface area (Å²) >= 11 is 0. The minimum Gasteiger partial charge on any atom is -0.383 e. The maximum absolute atomic E-state index is 11.4. The minimum atomic E-state index is -0.578. The number of fused-ring (bicyclic) bond motifs is 1. The van der Waals surface area contributed by atoms with Crippen molar-refractivity contribution < 1.29 is 4.79 Å². The third-order valence-electron chi connectivity index (χ3n) is 4.09. The van der Waals surface area contributed by atoms with Gasteiger partial charge in [-0.15, -0.1) is 0 Å². The first-order valence-electron chi connectivity index (χ1n) is 7.07. The zero-order valence-corrected chi connectivity index (χ0v) is 12.0. The Morgan fingerprint density at radius 1 is 1.24 bits per heavy atom. The fourth-order valence-corrected chi connectivity index (χ4v) is 3.02. The number of nitrogens with zero attached hydrogens (tertiary/aromatic N) is 2. The van der Waals surface area contributed by atoms with E-state index in [9.17, 15) is 4.79 Å². The van der Waals surface area contributed by atoms with Crippen molar-refractivity contribution in [2.24, 2.45) is 5.73 Å². The smallest absolute Gasteiger partial charge is 0.254 e. The molecule has 0 saturated heterocycles. The zero-order chi connectivity index (χ0) is 15.0. The highest BCUT2D eigenvalue weighted by Gasteiger charge is 2.24. The predicted molar refractivity (Wildman–Crippen MR) is 80.9 cm³/mol. The van der Waals surface area contributed by atoms with Crippen LogP contribution in [0.5, 0.6) is 0 Å². The Hall–Kier alpha value is -2.43. The van der Waals surface area contributed by atoms with E-state index in [1.54, 1.807) is 6.92 Å². The van der Waals surface area contributed by atoms with E-state index in [1.165, 1.54) is 11.1 Å². The topological polar surface area (TPSA) is 94.9 Å². The van der Waals surface area contributed by atoms with E-state index in [0.717, 1.165) is 19.3 Å². The second kappa shape index (κ2) is 5.16. The third-order valence-corrected chi connectivity index (χ3v) is 4.09. The number of aromatic nitrogens is 2. The van der Waals surface area contributed by atoms with Crippen molar-refractivity contribution >= 4 is 11.7 Å². The van der Waals surface area contributed by atoms with Gasteiger partial charge in [-0.25, -0.2) is 9.97 Å². The van der Waals surface area contributed by atoms with Crippen LogP contribution in [-0.4, -0.2) is 15.9 Å². The quantitative estimate of drug-likeness (QED) is 0.877. The Morgan fingerprint density at radius 3 is 2.62 bits per heavy atom. The van der Waals surface area contributed by atoms with Gasteiger partial charge < -0.3 is 11.5 Å². The molecule has 0 fully saturated rings. The molecule has 2 aromatic rings. The van der Waals surface area contributed by atoms with E-state index < -0.39 is 5.91 Å². The fraction of sp³-hybridized carbons (Fsp3) is 0.312. The van der Waals surface area contributed by atoms with Crippen molar-refractivity contribution in [2.75, 3.05) is 5.73 Å². The molecule has 4 N–H and O–H groups in total. The highest BCUT2D eigenvalue weighted by Crippen LogP contribution is 2.31. The Bertz CT molecular complexity index is 688. The van der Waals surface area contributed by atoms with Crippen molar-refractivity contribution in [1.29, 1.82) is 0 Å². The average molecular weight is 282 g/mol. The number of rotatable bonds is 2. The molecule has 0 aliphatic heterocycles. The van der Waals surface area contributed by atoms with Crippen LogP contribution in [0.3, 0.4) is 0 Å². The van der Waals surface area contributed by atoms with E-state index in [4.69, 9.17) is 11.5 Å². The molecule has 3 rings (SSSR count). The van der Waals surface area contributed by atoms with Gasteiger partial charge in [-0.2, -0.15) is 0 Å². The van der Waals surface area contributed by atoms with Crippen LogP contribution < -0.4 is 11.5 Å². The maximum atomic E-state index is 11.4. The van der Waals surface area contributed by atoms with E-state index in [1.807, 2.05) is 0 Å². The molecule has 1 aliphatic rings. The van der Waals surface area contributed by atoms with Crippen molar-refractivity contribution in [2.45, 2.75) is 32.1 Å². The lowest BCUT2D eigenvalue weighted by Gasteiger charge is -2.24. The lowest BCUT2D eigenvalue weighted by atomic mass is 9.83. The van der Waals surface area contributed by atoms with Gasteiger partial charge in [-0.3, -0.25) is 4.79 Å². The Balaban J connectivity index is 1.94. The molecular formula is C16H18N4O. The summed E-state index contributed by atoms with van der Waals surface area (Å²) in [5.74, 6) is 0.557. The van der Waals surface area contributed by atoms with E-state index >= 15 is 0 Å². The molecule has 0 spiro atoms. The fourth-order valence-electron chi connectivity index (χ4n) is 3.02. The number of carbonyl (C=O) groups excluding carboxylic acids is 1. The van der Waals surface area contributed by atoms with Crippen molar-refractivity contribution in [3.8, 4) is 0 Å². The number of hydrogen-bond donors (Lipinski definition) is 2. The number of benzene rings is 1. The molecule has 1 aromatic heterocycles. The second-order valence-electron chi connectivity index (χ2n) is 5.50. The molecule has 1 atom stereocenters. The lowest BCUT2D eigenvalue weighted by Crippen LogP contribution is -2.21. The number of primary amides is 1. The largest absolute Gasteiger partial charge is 0.383 e. The minimum absolute atomic E-state index is 0.184. The summed E-state index contributed by atoms with van der Waals surface area (Å²) in [6.45, 7) is 1.75.